The third-order valence-electron chi connectivity index (χ3n) is 1.63. The molecule has 0 aromatic heterocycles. The fraction of sp³-hybridized carbons (Fsp3) is 0.556. The van der Waals surface area contributed by atoms with Gasteiger partial charge in [0, 0.05) is 12.0 Å². The summed E-state index contributed by atoms with van der Waals surface area (Å²) in [7, 11) is 0. The minimum atomic E-state index is -0.420. The summed E-state index contributed by atoms with van der Waals surface area (Å²) < 4.78 is 0. The van der Waals surface area contributed by atoms with Crippen LogP contribution in [0.25, 0.3) is 0 Å². The van der Waals surface area contributed by atoms with Gasteiger partial charge in [0.15, 0.2) is 0 Å². The lowest BCUT2D eigenvalue weighted by Gasteiger charge is -2.03. The molecule has 0 heterocycles. The van der Waals surface area contributed by atoms with Gasteiger partial charge >= 0.3 is 0 Å². The largest absolute Gasteiger partial charge is 0.366 e. The first-order chi connectivity index (χ1) is 5.45. The molecule has 0 aromatic rings. The quantitative estimate of drug-likeness (QED) is 0.642. The average molecular weight is 169 g/mol. The van der Waals surface area contributed by atoms with Gasteiger partial charge in [0.2, 0.25) is 5.91 Å². The first-order valence-corrected chi connectivity index (χ1v) is 3.90. The summed E-state index contributed by atoms with van der Waals surface area (Å²) in [5, 5.41) is 0. The molecule has 0 bridgehead atoms. The smallest absolute Gasteiger partial charge is 0.244 e. The molecule has 3 nitrogen and oxygen atoms in total. The highest BCUT2D eigenvalue weighted by atomic mass is 16.1. The molecule has 0 unspecified atom stereocenters. The number of hydrogen-bond donors (Lipinski definition) is 1. The van der Waals surface area contributed by atoms with Crippen LogP contribution >= 0.6 is 0 Å². The lowest BCUT2D eigenvalue weighted by molar-refractivity contribution is -0.117. The Morgan fingerprint density at radius 1 is 1.08 bits per heavy atom. The van der Waals surface area contributed by atoms with Crippen LogP contribution in [0.4, 0.5) is 0 Å². The van der Waals surface area contributed by atoms with E-state index in [0.717, 1.165) is 5.57 Å². The highest BCUT2D eigenvalue weighted by Gasteiger charge is 2.07. The fourth-order valence-electron chi connectivity index (χ4n) is 0.921. The van der Waals surface area contributed by atoms with Crippen molar-refractivity contribution in [3.05, 3.63) is 11.1 Å². The van der Waals surface area contributed by atoms with Crippen molar-refractivity contribution in [1.82, 2.24) is 0 Å². The zero-order valence-corrected chi connectivity index (χ0v) is 7.81. The first kappa shape index (κ1) is 10.9. The molecule has 0 aromatic carbocycles. The second-order valence-electron chi connectivity index (χ2n) is 3.04. The standard InChI is InChI=1S/C9H15NO2/c1-6(2)8(9(10)12)5-4-7(3)11/h4-5H2,1-3H3,(H2,10,12). The second-order valence-corrected chi connectivity index (χ2v) is 3.04. The Balaban J connectivity index is 4.28. The van der Waals surface area contributed by atoms with Gasteiger partial charge in [0.1, 0.15) is 5.78 Å². The van der Waals surface area contributed by atoms with Gasteiger partial charge in [-0.3, -0.25) is 4.79 Å². The Labute approximate surface area is 72.6 Å². The van der Waals surface area contributed by atoms with E-state index in [-0.39, 0.29) is 5.78 Å². The molecule has 0 spiro atoms. The van der Waals surface area contributed by atoms with Crippen LogP contribution in [0.2, 0.25) is 0 Å². The number of amides is 1. The average Bonchev–Trinajstić information content (AvgIpc) is 1.84. The van der Waals surface area contributed by atoms with Crippen LogP contribution in [-0.4, -0.2) is 11.7 Å². The van der Waals surface area contributed by atoms with Crippen molar-refractivity contribution in [3.63, 3.8) is 0 Å². The second kappa shape index (κ2) is 4.70. The van der Waals surface area contributed by atoms with Crippen LogP contribution in [-0.2, 0) is 9.59 Å². The number of hydrogen-bond acceptors (Lipinski definition) is 2. The van der Waals surface area contributed by atoms with E-state index in [1.165, 1.54) is 6.92 Å². The summed E-state index contributed by atoms with van der Waals surface area (Å²) in [6.07, 6.45) is 0.858. The molecule has 0 fully saturated rings. The Bertz CT molecular complexity index is 225. The van der Waals surface area contributed by atoms with Crippen molar-refractivity contribution in [1.29, 1.82) is 0 Å². The Morgan fingerprint density at radius 2 is 1.58 bits per heavy atom. The molecule has 1 amide bonds. The maximum absolute atomic E-state index is 10.8. The number of ketones is 1. The van der Waals surface area contributed by atoms with Crippen LogP contribution in [0, 0.1) is 0 Å². The van der Waals surface area contributed by atoms with Crippen LogP contribution in [0.15, 0.2) is 11.1 Å². The van der Waals surface area contributed by atoms with Gasteiger partial charge in [0.25, 0.3) is 0 Å². The number of carbonyl (C=O) groups excluding carboxylic acids is 2. The van der Waals surface area contributed by atoms with E-state index in [4.69, 9.17) is 5.73 Å². The lowest BCUT2D eigenvalue weighted by Crippen LogP contribution is -2.15. The third kappa shape index (κ3) is 3.91. The van der Waals surface area contributed by atoms with Crippen LogP contribution in [0.5, 0.6) is 0 Å². The molecule has 0 aliphatic rings. The van der Waals surface area contributed by atoms with Crippen molar-refractivity contribution in [2.45, 2.75) is 33.6 Å². The van der Waals surface area contributed by atoms with E-state index in [0.29, 0.717) is 18.4 Å². The number of allylic oxidation sites excluding steroid dienone is 1. The van der Waals surface area contributed by atoms with Crippen molar-refractivity contribution < 1.29 is 9.59 Å². The van der Waals surface area contributed by atoms with E-state index in [9.17, 15) is 9.59 Å². The number of rotatable bonds is 4. The third-order valence-corrected chi connectivity index (χ3v) is 1.63. The minimum absolute atomic E-state index is 0.0787. The topological polar surface area (TPSA) is 60.2 Å². The molecule has 12 heavy (non-hydrogen) atoms. The Hall–Kier alpha value is -1.12. The van der Waals surface area contributed by atoms with E-state index < -0.39 is 5.91 Å². The molecular formula is C9H15NO2. The van der Waals surface area contributed by atoms with Crippen LogP contribution in [0.1, 0.15) is 33.6 Å². The summed E-state index contributed by atoms with van der Waals surface area (Å²) >= 11 is 0. The first-order valence-electron chi connectivity index (χ1n) is 3.90. The molecule has 0 atom stereocenters. The zero-order valence-electron chi connectivity index (χ0n) is 7.81. The zero-order chi connectivity index (χ0) is 9.72. The molecule has 0 rings (SSSR count). The minimum Gasteiger partial charge on any atom is -0.366 e. The molecule has 0 saturated carbocycles. The molecule has 0 aliphatic heterocycles. The summed E-state index contributed by atoms with van der Waals surface area (Å²) in [4.78, 5) is 21.4. The normalized spacial score (nSPS) is 9.25. The van der Waals surface area contributed by atoms with E-state index in [2.05, 4.69) is 0 Å². The van der Waals surface area contributed by atoms with Gasteiger partial charge in [0.05, 0.1) is 0 Å². The molecule has 68 valence electrons. The van der Waals surface area contributed by atoms with Crippen LogP contribution < -0.4 is 5.73 Å². The molecule has 2 N–H and O–H groups in total. The SMILES string of the molecule is CC(=O)CCC(C(N)=O)=C(C)C. The summed E-state index contributed by atoms with van der Waals surface area (Å²) in [6, 6.07) is 0. The van der Waals surface area contributed by atoms with Crippen molar-refractivity contribution in [3.8, 4) is 0 Å². The molecule has 0 radical (unpaired) electrons. The fourth-order valence-corrected chi connectivity index (χ4v) is 0.921. The molecule has 0 saturated heterocycles. The van der Waals surface area contributed by atoms with Crippen molar-refractivity contribution >= 4 is 11.7 Å². The Kier molecular flexibility index (Phi) is 4.26. The van der Waals surface area contributed by atoms with Gasteiger partial charge in [-0.05, 0) is 27.2 Å². The predicted octanol–water partition coefficient (Wildman–Crippen LogP) is 1.18. The summed E-state index contributed by atoms with van der Waals surface area (Å²) in [6.45, 7) is 5.14. The van der Waals surface area contributed by atoms with E-state index in [1.54, 1.807) is 0 Å². The van der Waals surface area contributed by atoms with Gasteiger partial charge in [-0.15, -0.1) is 0 Å². The van der Waals surface area contributed by atoms with Gasteiger partial charge < -0.3 is 10.5 Å². The highest BCUT2D eigenvalue weighted by Crippen LogP contribution is 2.10. The van der Waals surface area contributed by atoms with E-state index in [1.807, 2.05) is 13.8 Å². The van der Waals surface area contributed by atoms with Gasteiger partial charge in [-0.1, -0.05) is 5.57 Å². The molecule has 0 aliphatic carbocycles. The number of Topliss-reactive ketones (excluding diaryl/α,β-unsaturated/α-hetero) is 1. The summed E-state index contributed by atoms with van der Waals surface area (Å²) in [5.41, 5.74) is 6.58. The molecular weight excluding hydrogens is 154 g/mol. The number of primary amides is 1. The van der Waals surface area contributed by atoms with E-state index >= 15 is 0 Å². The van der Waals surface area contributed by atoms with Crippen molar-refractivity contribution in [2.75, 3.05) is 0 Å². The monoisotopic (exact) mass is 169 g/mol. The highest BCUT2D eigenvalue weighted by molar-refractivity contribution is 5.93. The summed E-state index contributed by atoms with van der Waals surface area (Å²) in [5.74, 6) is -0.341. The Morgan fingerprint density at radius 3 is 1.83 bits per heavy atom. The molecule has 3 heteroatoms. The van der Waals surface area contributed by atoms with Gasteiger partial charge in [-0.2, -0.15) is 0 Å². The van der Waals surface area contributed by atoms with Crippen LogP contribution in [0.3, 0.4) is 0 Å². The number of nitrogens with two attached hydrogens (primary N) is 1. The van der Waals surface area contributed by atoms with Gasteiger partial charge in [-0.25, -0.2) is 0 Å². The lowest BCUT2D eigenvalue weighted by atomic mass is 10.0. The predicted molar refractivity (Wildman–Crippen MR) is 47.5 cm³/mol. The number of carbonyl (C=O) groups is 2. The van der Waals surface area contributed by atoms with Crippen molar-refractivity contribution in [2.24, 2.45) is 5.73 Å². The maximum Gasteiger partial charge on any atom is 0.244 e. The maximum atomic E-state index is 10.8.